The number of aryl methyl sites for hydroxylation is 1. The summed E-state index contributed by atoms with van der Waals surface area (Å²) in [5.74, 6) is -0.319. The Balaban J connectivity index is 1.81. The number of allylic oxidation sites excluding steroid dienone is 1. The number of ether oxygens (including phenoxy) is 1. The minimum atomic E-state index is -4.21. The van der Waals surface area contributed by atoms with E-state index in [1.54, 1.807) is 6.07 Å². The van der Waals surface area contributed by atoms with Gasteiger partial charge in [0, 0.05) is 17.1 Å². The average Bonchev–Trinajstić information content (AvgIpc) is 3.25. The molecule has 0 saturated carbocycles. The fourth-order valence-electron chi connectivity index (χ4n) is 2.60. The molecular formula is C22H17ClF3N3OS. The lowest BCUT2D eigenvalue weighted by Crippen LogP contribution is -2.33. The van der Waals surface area contributed by atoms with Gasteiger partial charge in [-0.3, -0.25) is 0 Å². The lowest BCUT2D eigenvalue weighted by atomic mass is 10.1. The van der Waals surface area contributed by atoms with E-state index >= 15 is 0 Å². The highest BCUT2D eigenvalue weighted by atomic mass is 35.5. The normalized spacial score (nSPS) is 12.8. The molecule has 0 saturated heterocycles. The van der Waals surface area contributed by atoms with Crippen molar-refractivity contribution < 1.29 is 17.9 Å². The van der Waals surface area contributed by atoms with Gasteiger partial charge >= 0.3 is 6.11 Å². The van der Waals surface area contributed by atoms with Gasteiger partial charge in [-0.1, -0.05) is 54.9 Å². The molecule has 4 nitrogen and oxygen atoms in total. The zero-order chi connectivity index (χ0) is 22.4. The van der Waals surface area contributed by atoms with Gasteiger partial charge in [-0.2, -0.15) is 14.0 Å². The number of hydrogen-bond acceptors (Lipinski definition) is 5. The van der Waals surface area contributed by atoms with E-state index in [4.69, 9.17) is 11.6 Å². The fourth-order valence-corrected chi connectivity index (χ4v) is 3.44. The van der Waals surface area contributed by atoms with Crippen LogP contribution in [-0.4, -0.2) is 16.7 Å². The topological polar surface area (TPSA) is 57.9 Å². The number of benzene rings is 2. The maximum absolute atomic E-state index is 13.5. The van der Waals surface area contributed by atoms with Crippen molar-refractivity contribution in [3.8, 4) is 23.1 Å². The second kappa shape index (κ2) is 9.86. The third-order valence-corrected chi connectivity index (χ3v) is 5.40. The predicted octanol–water partition coefficient (Wildman–Crippen LogP) is 6.86. The maximum atomic E-state index is 13.5. The van der Waals surface area contributed by atoms with Crippen LogP contribution in [0.2, 0.25) is 0 Å². The second-order valence-corrected chi connectivity index (χ2v) is 7.60. The minimum absolute atomic E-state index is 0.110. The molecule has 0 radical (unpaired) electrons. The summed E-state index contributed by atoms with van der Waals surface area (Å²) in [5.41, 5.74) is 0.158. The lowest BCUT2D eigenvalue weighted by Gasteiger charge is -2.19. The SMILES string of the molecule is CCc1ccc(-c2csc(/C(C#N)=C/Nc3ccccc3OC(F)(F)[C@H](F)Cl)n2)cc1. The molecule has 160 valence electrons. The first-order valence-corrected chi connectivity index (χ1v) is 10.5. The molecule has 9 heteroatoms. The summed E-state index contributed by atoms with van der Waals surface area (Å²) >= 11 is 6.13. The van der Waals surface area contributed by atoms with Crippen molar-refractivity contribution in [1.29, 1.82) is 5.26 Å². The predicted molar refractivity (Wildman–Crippen MR) is 117 cm³/mol. The third-order valence-electron chi connectivity index (χ3n) is 4.27. The molecule has 0 aliphatic heterocycles. The van der Waals surface area contributed by atoms with Gasteiger partial charge in [-0.25, -0.2) is 9.37 Å². The van der Waals surface area contributed by atoms with Crippen LogP contribution in [0.15, 0.2) is 60.1 Å². The molecule has 3 aromatic rings. The van der Waals surface area contributed by atoms with E-state index in [-0.39, 0.29) is 17.0 Å². The van der Waals surface area contributed by atoms with E-state index in [1.807, 2.05) is 35.7 Å². The number of para-hydroxylation sites is 2. The first kappa shape index (κ1) is 22.7. The molecule has 31 heavy (non-hydrogen) atoms. The third kappa shape index (κ3) is 5.57. The highest BCUT2D eigenvalue weighted by molar-refractivity contribution is 7.11. The van der Waals surface area contributed by atoms with Crippen LogP contribution in [0.1, 0.15) is 17.5 Å². The molecule has 0 amide bonds. The van der Waals surface area contributed by atoms with E-state index < -0.39 is 11.7 Å². The van der Waals surface area contributed by atoms with E-state index in [2.05, 4.69) is 22.0 Å². The molecule has 0 fully saturated rings. The first-order chi connectivity index (χ1) is 14.8. The van der Waals surface area contributed by atoms with Gasteiger partial charge in [0.15, 0.2) is 0 Å². The Morgan fingerprint density at radius 3 is 2.65 bits per heavy atom. The highest BCUT2D eigenvalue weighted by Gasteiger charge is 2.42. The van der Waals surface area contributed by atoms with Gasteiger partial charge in [-0.15, -0.1) is 11.3 Å². The summed E-state index contributed by atoms with van der Waals surface area (Å²) in [6, 6.07) is 15.7. The van der Waals surface area contributed by atoms with Gasteiger partial charge in [0.25, 0.3) is 5.63 Å². The van der Waals surface area contributed by atoms with Crippen molar-refractivity contribution in [3.05, 3.63) is 70.7 Å². The highest BCUT2D eigenvalue weighted by Crippen LogP contribution is 2.34. The quantitative estimate of drug-likeness (QED) is 0.293. The van der Waals surface area contributed by atoms with Crippen molar-refractivity contribution in [2.24, 2.45) is 0 Å². The van der Waals surface area contributed by atoms with Crippen LogP contribution in [0.25, 0.3) is 16.8 Å². The van der Waals surface area contributed by atoms with Crippen molar-refractivity contribution in [3.63, 3.8) is 0 Å². The van der Waals surface area contributed by atoms with E-state index in [0.717, 1.165) is 17.7 Å². The monoisotopic (exact) mass is 463 g/mol. The number of rotatable bonds is 8. The number of hydrogen-bond donors (Lipinski definition) is 1. The molecule has 2 aromatic carbocycles. The Morgan fingerprint density at radius 1 is 1.29 bits per heavy atom. The summed E-state index contributed by atoms with van der Waals surface area (Å²) < 4.78 is 44.3. The van der Waals surface area contributed by atoms with Crippen molar-refractivity contribution in [2.45, 2.75) is 25.1 Å². The molecule has 1 heterocycles. The number of anilines is 1. The van der Waals surface area contributed by atoms with Crippen LogP contribution < -0.4 is 10.1 Å². The van der Waals surface area contributed by atoms with Crippen molar-refractivity contribution >= 4 is 34.2 Å². The molecule has 0 spiro atoms. The number of alkyl halides is 4. The molecule has 1 atom stereocenters. The Bertz CT molecular complexity index is 1110. The first-order valence-electron chi connectivity index (χ1n) is 9.20. The van der Waals surface area contributed by atoms with E-state index in [1.165, 1.54) is 41.3 Å². The van der Waals surface area contributed by atoms with Crippen LogP contribution >= 0.6 is 22.9 Å². The Kier molecular flexibility index (Phi) is 7.21. The smallest absolute Gasteiger partial charge is 0.427 e. The molecule has 3 rings (SSSR count). The van der Waals surface area contributed by atoms with Crippen LogP contribution in [0, 0.1) is 11.3 Å². The van der Waals surface area contributed by atoms with Gasteiger partial charge in [0.2, 0.25) is 0 Å². The van der Waals surface area contributed by atoms with Crippen molar-refractivity contribution in [1.82, 2.24) is 4.98 Å². The maximum Gasteiger partial charge on any atom is 0.444 e. The number of halogens is 4. The Hall–Kier alpha value is -3.02. The molecule has 1 N–H and O–H groups in total. The Morgan fingerprint density at radius 2 is 2.00 bits per heavy atom. The van der Waals surface area contributed by atoms with Crippen LogP contribution in [0.3, 0.4) is 0 Å². The molecule has 0 aliphatic carbocycles. The summed E-state index contributed by atoms with van der Waals surface area (Å²) in [5, 5.41) is 14.6. The van der Waals surface area contributed by atoms with Gasteiger partial charge in [0.05, 0.1) is 11.4 Å². The summed E-state index contributed by atoms with van der Waals surface area (Å²) in [7, 11) is 0. The molecule has 0 bridgehead atoms. The summed E-state index contributed by atoms with van der Waals surface area (Å²) in [6.45, 7) is 2.07. The van der Waals surface area contributed by atoms with Crippen LogP contribution in [0.5, 0.6) is 5.75 Å². The van der Waals surface area contributed by atoms with Gasteiger partial charge in [0.1, 0.15) is 22.4 Å². The molecule has 0 unspecified atom stereocenters. The number of nitrogens with zero attached hydrogens (tertiary/aromatic N) is 2. The number of aromatic nitrogens is 1. The van der Waals surface area contributed by atoms with Crippen LogP contribution in [-0.2, 0) is 6.42 Å². The molecule has 0 aliphatic rings. The summed E-state index contributed by atoms with van der Waals surface area (Å²) in [6.07, 6.45) is -1.95. The zero-order valence-electron chi connectivity index (χ0n) is 16.3. The zero-order valence-corrected chi connectivity index (χ0v) is 17.9. The second-order valence-electron chi connectivity index (χ2n) is 6.36. The molecular weight excluding hydrogens is 447 g/mol. The number of nitriles is 1. The standard InChI is InChI=1S/C22H17ClF3N3OS/c1-2-14-7-9-15(10-8-14)18-13-31-20(29-18)16(11-27)12-28-17-5-3-4-6-19(17)30-22(25,26)21(23)24/h3-10,12-13,21,28H,2H2,1H3/b16-12+/t21-/m0/s1. The largest absolute Gasteiger partial charge is 0.444 e. The van der Waals surface area contributed by atoms with E-state index in [9.17, 15) is 18.4 Å². The minimum Gasteiger partial charge on any atom is -0.427 e. The van der Waals surface area contributed by atoms with Crippen molar-refractivity contribution in [2.75, 3.05) is 5.32 Å². The van der Waals surface area contributed by atoms with Gasteiger partial charge in [-0.05, 0) is 24.1 Å². The van der Waals surface area contributed by atoms with Gasteiger partial charge < -0.3 is 10.1 Å². The lowest BCUT2D eigenvalue weighted by molar-refractivity contribution is -0.198. The fraction of sp³-hybridized carbons (Fsp3) is 0.182. The average molecular weight is 464 g/mol. The summed E-state index contributed by atoms with van der Waals surface area (Å²) in [4.78, 5) is 4.49. The number of nitrogens with one attached hydrogen (secondary N) is 1. The van der Waals surface area contributed by atoms with Crippen LogP contribution in [0.4, 0.5) is 18.9 Å². The molecule has 1 aromatic heterocycles. The Labute approximate surface area is 186 Å². The van der Waals surface area contributed by atoms with E-state index in [0.29, 0.717) is 5.01 Å². The number of thiazole rings is 1.